The van der Waals surface area contributed by atoms with Gasteiger partial charge in [0, 0.05) is 10.6 Å². The summed E-state index contributed by atoms with van der Waals surface area (Å²) in [5, 5.41) is 0. The normalized spacial score (nSPS) is 10.6. The minimum atomic E-state index is -0.347. The Balaban J connectivity index is 2.14. The van der Waals surface area contributed by atoms with Crippen molar-refractivity contribution < 1.29 is 4.39 Å². The summed E-state index contributed by atoms with van der Waals surface area (Å²) in [4.78, 5) is 0.800. The number of nitrogen functional groups attached to an aromatic ring is 1. The van der Waals surface area contributed by atoms with Crippen LogP contribution in [0.25, 0.3) is 0 Å². The minimum Gasteiger partial charge on any atom is -0.395 e. The lowest BCUT2D eigenvalue weighted by molar-refractivity contribution is 0.629. The number of anilines is 1. The fourth-order valence-corrected chi connectivity index (χ4v) is 2.87. The van der Waals surface area contributed by atoms with Crippen molar-refractivity contribution in [2.45, 2.75) is 24.5 Å². The lowest BCUT2D eigenvalue weighted by Gasteiger charge is -2.07. The topological polar surface area (TPSA) is 26.0 Å². The zero-order valence-electron chi connectivity index (χ0n) is 10.5. The summed E-state index contributed by atoms with van der Waals surface area (Å²) in [5.74, 6) is 0.455. The molecule has 0 heterocycles. The number of aryl methyl sites for hydroxylation is 2. The maximum Gasteiger partial charge on any atom is 0.147 e. The number of para-hydroxylation sites is 1. The molecule has 2 aromatic carbocycles. The Bertz CT molecular complexity index is 546. The van der Waals surface area contributed by atoms with Gasteiger partial charge in [-0.3, -0.25) is 0 Å². The van der Waals surface area contributed by atoms with E-state index in [2.05, 4.69) is 32.0 Å². The van der Waals surface area contributed by atoms with E-state index in [0.717, 1.165) is 10.6 Å². The van der Waals surface area contributed by atoms with Crippen LogP contribution in [0.2, 0.25) is 0 Å². The summed E-state index contributed by atoms with van der Waals surface area (Å²) in [6.07, 6.45) is 0. The third-order valence-electron chi connectivity index (χ3n) is 2.69. The van der Waals surface area contributed by atoms with Crippen molar-refractivity contribution in [1.82, 2.24) is 0 Å². The summed E-state index contributed by atoms with van der Waals surface area (Å²) in [6, 6.07) is 11.4. The predicted octanol–water partition coefficient (Wildman–Crippen LogP) is 4.32. The highest BCUT2D eigenvalue weighted by molar-refractivity contribution is 7.98. The summed E-state index contributed by atoms with van der Waals surface area (Å²) in [7, 11) is 0. The first-order valence-corrected chi connectivity index (χ1v) is 6.79. The van der Waals surface area contributed by atoms with E-state index in [1.807, 2.05) is 6.07 Å². The van der Waals surface area contributed by atoms with E-state index >= 15 is 0 Å². The molecule has 0 aliphatic carbocycles. The molecular formula is C15H16FNS. The number of hydrogen-bond acceptors (Lipinski definition) is 2. The van der Waals surface area contributed by atoms with Gasteiger partial charge in [-0.15, -0.1) is 11.8 Å². The number of thioether (sulfide) groups is 1. The second-order valence-electron chi connectivity index (χ2n) is 4.44. The highest BCUT2D eigenvalue weighted by atomic mass is 32.2. The molecule has 0 saturated carbocycles. The van der Waals surface area contributed by atoms with Crippen LogP contribution >= 0.6 is 11.8 Å². The average molecular weight is 261 g/mol. The van der Waals surface area contributed by atoms with Gasteiger partial charge in [-0.1, -0.05) is 35.4 Å². The maximum absolute atomic E-state index is 13.3. The molecule has 2 aromatic rings. The smallest absolute Gasteiger partial charge is 0.147 e. The molecule has 1 nitrogen and oxygen atoms in total. The highest BCUT2D eigenvalue weighted by Crippen LogP contribution is 2.30. The van der Waals surface area contributed by atoms with Crippen LogP contribution in [0, 0.1) is 19.7 Å². The van der Waals surface area contributed by atoms with Gasteiger partial charge in [-0.25, -0.2) is 4.39 Å². The molecule has 0 bridgehead atoms. The minimum absolute atomic E-state index is 0.242. The first kappa shape index (κ1) is 13.0. The summed E-state index contributed by atoms with van der Waals surface area (Å²) in [6.45, 7) is 4.16. The molecule has 0 fully saturated rings. The van der Waals surface area contributed by atoms with E-state index in [0.29, 0.717) is 0 Å². The van der Waals surface area contributed by atoms with Crippen molar-refractivity contribution in [3.8, 4) is 0 Å². The number of benzene rings is 2. The Morgan fingerprint density at radius 2 is 1.78 bits per heavy atom. The summed E-state index contributed by atoms with van der Waals surface area (Å²) >= 11 is 1.57. The van der Waals surface area contributed by atoms with Crippen LogP contribution in [0.4, 0.5) is 10.1 Å². The van der Waals surface area contributed by atoms with Gasteiger partial charge in [-0.05, 0) is 31.5 Å². The molecule has 2 N–H and O–H groups in total. The lowest BCUT2D eigenvalue weighted by Crippen LogP contribution is -1.93. The molecule has 0 aliphatic heterocycles. The molecule has 94 valence electrons. The molecule has 0 unspecified atom stereocenters. The second kappa shape index (κ2) is 5.44. The van der Waals surface area contributed by atoms with Gasteiger partial charge in [0.2, 0.25) is 0 Å². The third kappa shape index (κ3) is 3.05. The molecule has 0 aliphatic rings. The molecule has 2 rings (SSSR count). The largest absolute Gasteiger partial charge is 0.395 e. The van der Waals surface area contributed by atoms with E-state index in [1.54, 1.807) is 17.8 Å². The van der Waals surface area contributed by atoms with E-state index in [1.165, 1.54) is 22.8 Å². The fraction of sp³-hybridized carbons (Fsp3) is 0.200. The Hall–Kier alpha value is -1.48. The highest BCUT2D eigenvalue weighted by Gasteiger charge is 2.05. The second-order valence-corrected chi connectivity index (χ2v) is 5.45. The van der Waals surface area contributed by atoms with Crippen LogP contribution in [-0.4, -0.2) is 0 Å². The molecule has 0 atom stereocenters. The zero-order chi connectivity index (χ0) is 13.1. The number of hydrogen-bond donors (Lipinski definition) is 1. The molecule has 0 amide bonds. The first-order chi connectivity index (χ1) is 8.56. The monoisotopic (exact) mass is 261 g/mol. The summed E-state index contributed by atoms with van der Waals surface area (Å²) in [5.41, 5.74) is 9.69. The van der Waals surface area contributed by atoms with Crippen molar-refractivity contribution in [1.29, 1.82) is 0 Å². The standard InChI is InChI=1S/C15H16FNS/c1-10-6-11(2)8-12(7-10)9-18-14-5-3-4-13(16)15(14)17/h3-8H,9,17H2,1-2H3. The van der Waals surface area contributed by atoms with Crippen molar-refractivity contribution >= 4 is 17.4 Å². The zero-order valence-corrected chi connectivity index (χ0v) is 11.4. The van der Waals surface area contributed by atoms with Gasteiger partial charge in [0.1, 0.15) is 5.82 Å². The van der Waals surface area contributed by atoms with E-state index in [-0.39, 0.29) is 11.5 Å². The molecule has 0 saturated heterocycles. The van der Waals surface area contributed by atoms with Crippen molar-refractivity contribution in [3.63, 3.8) is 0 Å². The van der Waals surface area contributed by atoms with Crippen molar-refractivity contribution in [3.05, 3.63) is 58.9 Å². The van der Waals surface area contributed by atoms with Crippen LogP contribution in [-0.2, 0) is 5.75 Å². The van der Waals surface area contributed by atoms with Gasteiger partial charge in [0.05, 0.1) is 5.69 Å². The number of rotatable bonds is 3. The van der Waals surface area contributed by atoms with Crippen LogP contribution < -0.4 is 5.73 Å². The SMILES string of the molecule is Cc1cc(C)cc(CSc2cccc(F)c2N)c1. The quantitative estimate of drug-likeness (QED) is 0.658. The number of halogens is 1. The van der Waals surface area contributed by atoms with Crippen LogP contribution in [0.15, 0.2) is 41.3 Å². The van der Waals surface area contributed by atoms with Gasteiger partial charge in [0.25, 0.3) is 0 Å². The van der Waals surface area contributed by atoms with E-state index in [9.17, 15) is 4.39 Å². The van der Waals surface area contributed by atoms with Crippen LogP contribution in [0.3, 0.4) is 0 Å². The molecule has 0 spiro atoms. The lowest BCUT2D eigenvalue weighted by atomic mass is 10.1. The predicted molar refractivity (Wildman–Crippen MR) is 76.3 cm³/mol. The third-order valence-corrected chi connectivity index (χ3v) is 3.83. The Morgan fingerprint density at radius 1 is 1.11 bits per heavy atom. The van der Waals surface area contributed by atoms with E-state index in [4.69, 9.17) is 5.73 Å². The summed E-state index contributed by atoms with van der Waals surface area (Å²) < 4.78 is 13.3. The van der Waals surface area contributed by atoms with Gasteiger partial charge < -0.3 is 5.73 Å². The van der Waals surface area contributed by atoms with Crippen LogP contribution in [0.1, 0.15) is 16.7 Å². The maximum atomic E-state index is 13.3. The Labute approximate surface area is 111 Å². The van der Waals surface area contributed by atoms with E-state index < -0.39 is 0 Å². The van der Waals surface area contributed by atoms with Gasteiger partial charge in [-0.2, -0.15) is 0 Å². The Morgan fingerprint density at radius 3 is 2.44 bits per heavy atom. The number of nitrogens with two attached hydrogens (primary N) is 1. The molecule has 0 aromatic heterocycles. The molecule has 3 heteroatoms. The fourth-order valence-electron chi connectivity index (χ4n) is 1.96. The molecule has 0 radical (unpaired) electrons. The van der Waals surface area contributed by atoms with Crippen LogP contribution in [0.5, 0.6) is 0 Å². The first-order valence-electron chi connectivity index (χ1n) is 5.80. The van der Waals surface area contributed by atoms with Gasteiger partial charge >= 0.3 is 0 Å². The van der Waals surface area contributed by atoms with Crippen molar-refractivity contribution in [2.75, 3.05) is 5.73 Å². The average Bonchev–Trinajstić information content (AvgIpc) is 2.30. The molecule has 18 heavy (non-hydrogen) atoms. The Kier molecular flexibility index (Phi) is 3.92. The van der Waals surface area contributed by atoms with Crippen molar-refractivity contribution in [2.24, 2.45) is 0 Å². The molecular weight excluding hydrogens is 245 g/mol. The van der Waals surface area contributed by atoms with Gasteiger partial charge in [0.15, 0.2) is 0 Å².